The first-order chi connectivity index (χ1) is 17.2. The molecule has 12 nitrogen and oxygen atoms in total. The van der Waals surface area contributed by atoms with E-state index in [1.54, 1.807) is 42.1 Å². The lowest BCUT2D eigenvalue weighted by atomic mass is 9.90. The number of rotatable bonds is 7. The van der Waals surface area contributed by atoms with Gasteiger partial charge in [0, 0.05) is 25.0 Å². The van der Waals surface area contributed by atoms with Gasteiger partial charge in [0.25, 0.3) is 0 Å². The number of aromatic nitrogens is 4. The Morgan fingerprint density at radius 3 is 2.61 bits per heavy atom. The van der Waals surface area contributed by atoms with Crippen molar-refractivity contribution in [2.75, 3.05) is 32.1 Å². The number of carboxylic acid groups (broad SMARTS) is 1. The number of carbonyl (C=O) groups excluding carboxylic acids is 1. The van der Waals surface area contributed by atoms with E-state index in [1.165, 1.54) is 25.4 Å². The standard InChI is InChI=1S/C23H22FN7O5/c1-23(21(34)30(2)13-25)11-35-20(36-12-23)19-28-16(14-3-5-15(24)6-4-14)10-31(19)17-7-8-26-22(29-17)27-9-18(32)33/h3-8,10,20H,9,11-12H2,1-2H3,(H,32,33)(H,26,27,29). The van der Waals surface area contributed by atoms with E-state index in [0.717, 1.165) is 4.90 Å². The number of nitrogens with one attached hydrogen (secondary N) is 1. The lowest BCUT2D eigenvalue weighted by molar-refractivity contribution is -0.233. The Hall–Kier alpha value is -4.41. The van der Waals surface area contributed by atoms with Gasteiger partial charge >= 0.3 is 5.97 Å². The second-order valence-corrected chi connectivity index (χ2v) is 8.33. The van der Waals surface area contributed by atoms with Gasteiger partial charge in [0.05, 0.1) is 24.3 Å². The van der Waals surface area contributed by atoms with Crippen LogP contribution in [0.1, 0.15) is 19.0 Å². The van der Waals surface area contributed by atoms with Crippen LogP contribution in [0.15, 0.2) is 42.7 Å². The van der Waals surface area contributed by atoms with Crippen LogP contribution in [-0.4, -0.2) is 68.2 Å². The number of ether oxygens (including phenoxy) is 2. The molecule has 1 fully saturated rings. The molecule has 4 rings (SSSR count). The number of anilines is 1. The Morgan fingerprint density at radius 1 is 1.28 bits per heavy atom. The van der Waals surface area contributed by atoms with Crippen LogP contribution in [0.5, 0.6) is 0 Å². The highest BCUT2D eigenvalue weighted by molar-refractivity contribution is 5.83. The quantitative estimate of drug-likeness (QED) is 0.367. The maximum Gasteiger partial charge on any atom is 0.322 e. The molecule has 0 spiro atoms. The third-order valence-corrected chi connectivity index (χ3v) is 5.45. The monoisotopic (exact) mass is 495 g/mol. The summed E-state index contributed by atoms with van der Waals surface area (Å²) in [6.45, 7) is 1.20. The molecule has 3 aromatic rings. The lowest BCUT2D eigenvalue weighted by Crippen LogP contribution is -2.48. The van der Waals surface area contributed by atoms with Crippen molar-refractivity contribution in [3.8, 4) is 23.3 Å². The highest BCUT2D eigenvalue weighted by Crippen LogP contribution is 2.34. The zero-order valence-electron chi connectivity index (χ0n) is 19.4. The fraction of sp³-hybridized carbons (Fsp3) is 0.304. The number of carboxylic acids is 1. The fourth-order valence-corrected chi connectivity index (χ4v) is 3.56. The molecule has 0 unspecified atom stereocenters. The van der Waals surface area contributed by atoms with Gasteiger partial charge in [0.1, 0.15) is 18.2 Å². The number of halogens is 1. The van der Waals surface area contributed by atoms with Crippen molar-refractivity contribution in [1.82, 2.24) is 24.4 Å². The molecule has 0 bridgehead atoms. The third kappa shape index (κ3) is 5.14. The molecular formula is C23H22FN7O5. The van der Waals surface area contributed by atoms with Crippen molar-refractivity contribution < 1.29 is 28.6 Å². The first-order valence-electron chi connectivity index (χ1n) is 10.8. The number of nitriles is 1. The summed E-state index contributed by atoms with van der Waals surface area (Å²) in [5.74, 6) is -1.19. The molecule has 1 aromatic carbocycles. The molecule has 0 saturated carbocycles. The Kier molecular flexibility index (Phi) is 6.91. The Bertz CT molecular complexity index is 1310. The number of amides is 1. The summed E-state index contributed by atoms with van der Waals surface area (Å²) in [7, 11) is 1.37. The fourth-order valence-electron chi connectivity index (χ4n) is 3.56. The average Bonchev–Trinajstić information content (AvgIpc) is 3.33. The zero-order valence-corrected chi connectivity index (χ0v) is 19.4. The van der Waals surface area contributed by atoms with Crippen LogP contribution >= 0.6 is 0 Å². The lowest BCUT2D eigenvalue weighted by Gasteiger charge is -2.36. The van der Waals surface area contributed by atoms with Crippen LogP contribution in [0, 0.1) is 22.7 Å². The van der Waals surface area contributed by atoms with Crippen molar-refractivity contribution in [2.45, 2.75) is 13.2 Å². The molecule has 0 aliphatic carbocycles. The van der Waals surface area contributed by atoms with E-state index in [9.17, 15) is 14.0 Å². The average molecular weight is 495 g/mol. The van der Waals surface area contributed by atoms with Crippen molar-refractivity contribution in [1.29, 1.82) is 5.26 Å². The van der Waals surface area contributed by atoms with Gasteiger partial charge in [0.15, 0.2) is 12.0 Å². The summed E-state index contributed by atoms with van der Waals surface area (Å²) in [6.07, 6.45) is 3.90. The van der Waals surface area contributed by atoms with Crippen LogP contribution in [0.4, 0.5) is 10.3 Å². The molecule has 2 N–H and O–H groups in total. The first kappa shape index (κ1) is 24.7. The normalized spacial score (nSPS) is 19.3. The summed E-state index contributed by atoms with van der Waals surface area (Å²) in [6, 6.07) is 7.35. The van der Waals surface area contributed by atoms with Gasteiger partial charge in [-0.15, -0.1) is 0 Å². The van der Waals surface area contributed by atoms with Crippen LogP contribution in [0.3, 0.4) is 0 Å². The van der Waals surface area contributed by atoms with Gasteiger partial charge in [-0.1, -0.05) is 0 Å². The second-order valence-electron chi connectivity index (χ2n) is 8.33. The molecule has 36 heavy (non-hydrogen) atoms. The Balaban J connectivity index is 1.68. The van der Waals surface area contributed by atoms with Crippen molar-refractivity contribution in [3.63, 3.8) is 0 Å². The van der Waals surface area contributed by atoms with Gasteiger partial charge in [-0.3, -0.25) is 19.1 Å². The number of imidazole rings is 1. The van der Waals surface area contributed by atoms with E-state index >= 15 is 0 Å². The molecule has 1 aliphatic heterocycles. The molecular weight excluding hydrogens is 473 g/mol. The van der Waals surface area contributed by atoms with Crippen molar-refractivity contribution in [2.24, 2.45) is 5.41 Å². The van der Waals surface area contributed by atoms with Crippen LogP contribution < -0.4 is 5.32 Å². The molecule has 13 heteroatoms. The van der Waals surface area contributed by atoms with E-state index in [1.807, 2.05) is 0 Å². The molecule has 2 aromatic heterocycles. The summed E-state index contributed by atoms with van der Waals surface area (Å²) in [5, 5.41) is 20.6. The maximum atomic E-state index is 13.5. The van der Waals surface area contributed by atoms with E-state index in [-0.39, 0.29) is 25.7 Å². The van der Waals surface area contributed by atoms with E-state index in [0.29, 0.717) is 22.9 Å². The summed E-state index contributed by atoms with van der Waals surface area (Å²) >= 11 is 0. The van der Waals surface area contributed by atoms with E-state index < -0.39 is 29.4 Å². The molecule has 1 aliphatic rings. The van der Waals surface area contributed by atoms with Crippen LogP contribution in [0.2, 0.25) is 0 Å². The number of aliphatic carboxylic acids is 1. The molecule has 0 radical (unpaired) electrons. The van der Waals surface area contributed by atoms with Gasteiger partial charge in [0.2, 0.25) is 18.1 Å². The first-order valence-corrected chi connectivity index (χ1v) is 10.8. The SMILES string of the molecule is CN(C#N)C(=O)C1(C)COC(c2nc(-c3ccc(F)cc3)cn2-c2ccnc(NCC(=O)O)n2)OC1. The van der Waals surface area contributed by atoms with E-state index in [2.05, 4.69) is 20.3 Å². The molecule has 1 amide bonds. The second kappa shape index (κ2) is 10.1. The number of nitrogens with zero attached hydrogens (tertiary/aromatic N) is 6. The molecule has 0 atom stereocenters. The van der Waals surface area contributed by atoms with Gasteiger partial charge < -0.3 is 19.9 Å². The number of hydrogen-bond acceptors (Lipinski definition) is 9. The van der Waals surface area contributed by atoms with Crippen molar-refractivity contribution in [3.05, 3.63) is 54.4 Å². The van der Waals surface area contributed by atoms with E-state index in [4.69, 9.17) is 19.8 Å². The number of carbonyl (C=O) groups is 2. The number of benzene rings is 1. The van der Waals surface area contributed by atoms with Crippen LogP contribution in [0.25, 0.3) is 17.1 Å². The van der Waals surface area contributed by atoms with Crippen molar-refractivity contribution >= 4 is 17.8 Å². The molecule has 186 valence electrons. The summed E-state index contributed by atoms with van der Waals surface area (Å²) in [4.78, 5) is 37.4. The largest absolute Gasteiger partial charge is 0.480 e. The Morgan fingerprint density at radius 2 is 1.97 bits per heavy atom. The maximum absolute atomic E-state index is 13.5. The topological polar surface area (TPSA) is 155 Å². The van der Waals surface area contributed by atoms with Gasteiger partial charge in [-0.05, 0) is 37.3 Å². The smallest absolute Gasteiger partial charge is 0.322 e. The highest BCUT2D eigenvalue weighted by Gasteiger charge is 2.42. The minimum Gasteiger partial charge on any atom is -0.480 e. The predicted molar refractivity (Wildman–Crippen MR) is 122 cm³/mol. The molecule has 3 heterocycles. The minimum atomic E-state index is -1.07. The van der Waals surface area contributed by atoms with Gasteiger partial charge in [-0.25, -0.2) is 14.4 Å². The predicted octanol–water partition coefficient (Wildman–Crippen LogP) is 1.96. The Labute approximate surface area is 204 Å². The number of hydrogen-bond donors (Lipinski definition) is 2. The van der Waals surface area contributed by atoms with Gasteiger partial charge in [-0.2, -0.15) is 10.2 Å². The summed E-state index contributed by atoms with van der Waals surface area (Å²) in [5.41, 5.74) is 0.0340. The zero-order chi connectivity index (χ0) is 25.9. The third-order valence-electron chi connectivity index (χ3n) is 5.45. The molecule has 1 saturated heterocycles. The van der Waals surface area contributed by atoms with Crippen LogP contribution in [-0.2, 0) is 19.1 Å². The summed E-state index contributed by atoms with van der Waals surface area (Å²) < 4.78 is 26.8. The minimum absolute atomic E-state index is 0.0313. The highest BCUT2D eigenvalue weighted by atomic mass is 19.1.